The third-order valence-electron chi connectivity index (χ3n) is 3.60. The molecule has 0 spiro atoms. The summed E-state index contributed by atoms with van der Waals surface area (Å²) in [5.41, 5.74) is 1.55. The zero-order valence-electron chi connectivity index (χ0n) is 8.50. The van der Waals surface area contributed by atoms with Crippen molar-refractivity contribution in [2.45, 2.75) is 51.6 Å². The van der Waals surface area contributed by atoms with Crippen LogP contribution in [0.3, 0.4) is 0 Å². The van der Waals surface area contributed by atoms with Crippen LogP contribution in [0.15, 0.2) is 11.6 Å². The average molecular weight is 180 g/mol. The van der Waals surface area contributed by atoms with Crippen molar-refractivity contribution < 1.29 is 5.11 Å². The van der Waals surface area contributed by atoms with Gasteiger partial charge in [0.2, 0.25) is 0 Å². The Hall–Kier alpha value is -0.300. The minimum atomic E-state index is -0.132. The van der Waals surface area contributed by atoms with Gasteiger partial charge in [-0.3, -0.25) is 0 Å². The lowest BCUT2D eigenvalue weighted by molar-refractivity contribution is 0.223. The molecule has 1 saturated carbocycles. The van der Waals surface area contributed by atoms with Crippen molar-refractivity contribution in [2.75, 3.05) is 0 Å². The Bertz CT molecular complexity index is 207. The van der Waals surface area contributed by atoms with E-state index in [-0.39, 0.29) is 6.10 Å². The van der Waals surface area contributed by atoms with Crippen LogP contribution in [-0.2, 0) is 0 Å². The first kappa shape index (κ1) is 9.26. The van der Waals surface area contributed by atoms with Gasteiger partial charge in [0, 0.05) is 0 Å². The van der Waals surface area contributed by atoms with Crippen molar-refractivity contribution in [3.8, 4) is 0 Å². The highest BCUT2D eigenvalue weighted by Gasteiger charge is 2.25. The van der Waals surface area contributed by atoms with Gasteiger partial charge in [-0.25, -0.2) is 0 Å². The number of hydrogen-bond acceptors (Lipinski definition) is 1. The molecular weight excluding hydrogens is 160 g/mol. The molecule has 0 bridgehead atoms. The maximum atomic E-state index is 9.42. The molecule has 0 heterocycles. The van der Waals surface area contributed by atoms with E-state index in [0.717, 1.165) is 24.7 Å². The van der Waals surface area contributed by atoms with Gasteiger partial charge in [0.1, 0.15) is 0 Å². The van der Waals surface area contributed by atoms with E-state index in [9.17, 15) is 5.11 Å². The number of aliphatic hydroxyl groups excluding tert-OH is 1. The van der Waals surface area contributed by atoms with Crippen LogP contribution in [-0.4, -0.2) is 11.2 Å². The van der Waals surface area contributed by atoms with Crippen molar-refractivity contribution in [1.29, 1.82) is 0 Å². The molecule has 1 fully saturated rings. The fraction of sp³-hybridized carbons (Fsp3) is 0.833. The summed E-state index contributed by atoms with van der Waals surface area (Å²) in [4.78, 5) is 0. The third-order valence-corrected chi connectivity index (χ3v) is 3.60. The highest BCUT2D eigenvalue weighted by atomic mass is 16.3. The van der Waals surface area contributed by atoms with E-state index in [1.807, 2.05) is 0 Å². The van der Waals surface area contributed by atoms with Gasteiger partial charge in [-0.15, -0.1) is 0 Å². The zero-order valence-corrected chi connectivity index (χ0v) is 8.50. The number of aliphatic hydroxyl groups is 1. The van der Waals surface area contributed by atoms with Gasteiger partial charge in [0.05, 0.1) is 6.10 Å². The Balaban J connectivity index is 1.96. The van der Waals surface area contributed by atoms with Gasteiger partial charge in [-0.2, -0.15) is 0 Å². The molecule has 0 radical (unpaired) electrons. The highest BCUT2D eigenvalue weighted by Crippen LogP contribution is 2.37. The minimum Gasteiger partial charge on any atom is -0.389 e. The molecule has 0 amide bonds. The van der Waals surface area contributed by atoms with Crippen molar-refractivity contribution in [3.63, 3.8) is 0 Å². The molecule has 3 atom stereocenters. The number of rotatable bonds is 1. The molecule has 0 aliphatic heterocycles. The second-order valence-electron chi connectivity index (χ2n) is 4.82. The third kappa shape index (κ3) is 2.14. The van der Waals surface area contributed by atoms with Gasteiger partial charge in [0.25, 0.3) is 0 Å². The first-order valence-electron chi connectivity index (χ1n) is 5.64. The van der Waals surface area contributed by atoms with Crippen molar-refractivity contribution >= 4 is 0 Å². The van der Waals surface area contributed by atoms with E-state index >= 15 is 0 Å². The topological polar surface area (TPSA) is 20.2 Å². The van der Waals surface area contributed by atoms with Crippen LogP contribution in [0.1, 0.15) is 45.4 Å². The fourth-order valence-corrected chi connectivity index (χ4v) is 2.84. The lowest BCUT2D eigenvalue weighted by Crippen LogP contribution is -2.14. The van der Waals surface area contributed by atoms with Crippen LogP contribution in [0.2, 0.25) is 0 Å². The summed E-state index contributed by atoms with van der Waals surface area (Å²) in [5, 5.41) is 9.42. The molecular formula is C12H20O. The Labute approximate surface area is 80.8 Å². The quantitative estimate of drug-likeness (QED) is 0.615. The number of hydrogen-bond donors (Lipinski definition) is 1. The van der Waals surface area contributed by atoms with Gasteiger partial charge < -0.3 is 5.11 Å². The molecule has 0 aromatic rings. The molecule has 1 N–H and O–H groups in total. The molecule has 1 heteroatoms. The van der Waals surface area contributed by atoms with Gasteiger partial charge >= 0.3 is 0 Å². The standard InChI is InChI=1S/C12H20O/c1-9-3-2-4-10(7-9)11-5-6-12(13)8-11/h8-10,12-13H,2-7H2,1H3. The first-order chi connectivity index (χ1) is 6.25. The van der Waals surface area contributed by atoms with E-state index in [1.165, 1.54) is 25.7 Å². The highest BCUT2D eigenvalue weighted by molar-refractivity contribution is 5.15. The Kier molecular flexibility index (Phi) is 2.73. The SMILES string of the molecule is CC1CCCC(C2=CC(O)CC2)C1. The smallest absolute Gasteiger partial charge is 0.0726 e. The Morgan fingerprint density at radius 2 is 2.15 bits per heavy atom. The average Bonchev–Trinajstić information content (AvgIpc) is 2.52. The van der Waals surface area contributed by atoms with Crippen LogP contribution < -0.4 is 0 Å². The molecule has 0 saturated heterocycles. The molecule has 2 aliphatic carbocycles. The lowest BCUT2D eigenvalue weighted by Gasteiger charge is -2.27. The van der Waals surface area contributed by atoms with Gasteiger partial charge in [0.15, 0.2) is 0 Å². The van der Waals surface area contributed by atoms with Gasteiger partial charge in [-0.05, 0) is 37.5 Å². The van der Waals surface area contributed by atoms with E-state index < -0.39 is 0 Å². The zero-order chi connectivity index (χ0) is 9.26. The summed E-state index contributed by atoms with van der Waals surface area (Å²) in [6.45, 7) is 2.36. The first-order valence-corrected chi connectivity index (χ1v) is 5.64. The van der Waals surface area contributed by atoms with Crippen molar-refractivity contribution in [3.05, 3.63) is 11.6 Å². The Morgan fingerprint density at radius 1 is 1.31 bits per heavy atom. The normalized spacial score (nSPS) is 40.5. The van der Waals surface area contributed by atoms with Crippen molar-refractivity contribution in [1.82, 2.24) is 0 Å². The van der Waals surface area contributed by atoms with Crippen LogP contribution in [0, 0.1) is 11.8 Å². The molecule has 13 heavy (non-hydrogen) atoms. The molecule has 74 valence electrons. The summed E-state index contributed by atoms with van der Waals surface area (Å²) in [6.07, 6.45) is 9.63. The van der Waals surface area contributed by atoms with E-state index in [1.54, 1.807) is 5.57 Å². The van der Waals surface area contributed by atoms with E-state index in [4.69, 9.17) is 0 Å². The van der Waals surface area contributed by atoms with Crippen LogP contribution in [0.25, 0.3) is 0 Å². The molecule has 0 aromatic heterocycles. The molecule has 3 unspecified atom stereocenters. The predicted octanol–water partition coefficient (Wildman–Crippen LogP) is 2.89. The van der Waals surface area contributed by atoms with Crippen LogP contribution >= 0.6 is 0 Å². The van der Waals surface area contributed by atoms with E-state index in [2.05, 4.69) is 13.0 Å². The molecule has 0 aromatic carbocycles. The summed E-state index contributed by atoms with van der Waals surface area (Å²) < 4.78 is 0. The molecule has 2 rings (SSSR count). The Morgan fingerprint density at radius 3 is 2.77 bits per heavy atom. The summed E-state index contributed by atoms with van der Waals surface area (Å²) >= 11 is 0. The molecule has 2 aliphatic rings. The lowest BCUT2D eigenvalue weighted by atomic mass is 9.78. The minimum absolute atomic E-state index is 0.132. The summed E-state index contributed by atoms with van der Waals surface area (Å²) in [7, 11) is 0. The summed E-state index contributed by atoms with van der Waals surface area (Å²) in [6, 6.07) is 0. The van der Waals surface area contributed by atoms with Gasteiger partial charge in [-0.1, -0.05) is 31.4 Å². The van der Waals surface area contributed by atoms with Crippen molar-refractivity contribution in [2.24, 2.45) is 11.8 Å². The fourth-order valence-electron chi connectivity index (χ4n) is 2.84. The van der Waals surface area contributed by atoms with Crippen LogP contribution in [0.5, 0.6) is 0 Å². The second kappa shape index (κ2) is 3.83. The predicted molar refractivity (Wildman–Crippen MR) is 54.4 cm³/mol. The monoisotopic (exact) mass is 180 g/mol. The summed E-state index contributed by atoms with van der Waals surface area (Å²) in [5.74, 6) is 1.71. The van der Waals surface area contributed by atoms with Crippen LogP contribution in [0.4, 0.5) is 0 Å². The van der Waals surface area contributed by atoms with E-state index in [0.29, 0.717) is 0 Å². The largest absolute Gasteiger partial charge is 0.389 e. The number of allylic oxidation sites excluding steroid dienone is 1. The second-order valence-corrected chi connectivity index (χ2v) is 4.82. The maximum absolute atomic E-state index is 9.42. The molecule has 1 nitrogen and oxygen atoms in total. The maximum Gasteiger partial charge on any atom is 0.0726 e.